The van der Waals surface area contributed by atoms with Gasteiger partial charge in [0.1, 0.15) is 5.75 Å². The summed E-state index contributed by atoms with van der Waals surface area (Å²) in [7, 11) is 0. The molecule has 0 aliphatic carbocycles. The summed E-state index contributed by atoms with van der Waals surface area (Å²) >= 11 is 0. The van der Waals surface area contributed by atoms with Crippen molar-refractivity contribution in [3.05, 3.63) is 30.3 Å². The fourth-order valence-electron chi connectivity index (χ4n) is 1.28. The van der Waals surface area contributed by atoms with Gasteiger partial charge in [0.05, 0.1) is 6.61 Å². The van der Waals surface area contributed by atoms with E-state index in [1.807, 2.05) is 30.3 Å². The summed E-state index contributed by atoms with van der Waals surface area (Å²) in [5.74, 6) is 0.673. The van der Waals surface area contributed by atoms with Gasteiger partial charge in [-0.25, -0.2) is 0 Å². The van der Waals surface area contributed by atoms with Gasteiger partial charge in [-0.3, -0.25) is 4.79 Å². The third-order valence-corrected chi connectivity index (χ3v) is 2.08. The minimum atomic E-state index is -0.223. The van der Waals surface area contributed by atoms with Gasteiger partial charge in [0.25, 0.3) is 0 Å². The van der Waals surface area contributed by atoms with E-state index in [0.717, 1.165) is 25.0 Å². The molecule has 1 aromatic rings. The highest BCUT2D eigenvalue weighted by Gasteiger charge is 1.95. The third-order valence-electron chi connectivity index (χ3n) is 2.08. The van der Waals surface area contributed by atoms with Crippen LogP contribution in [0.1, 0.15) is 25.7 Å². The minimum Gasteiger partial charge on any atom is -0.494 e. The predicted octanol–water partition coefficient (Wildman–Crippen LogP) is 2.11. The molecule has 82 valence electrons. The highest BCUT2D eigenvalue weighted by Crippen LogP contribution is 2.09. The number of unbranched alkanes of at least 4 members (excludes halogenated alkanes) is 2. The molecular formula is C12H17NO2. The first-order valence-electron chi connectivity index (χ1n) is 5.25. The first kappa shape index (κ1) is 11.6. The van der Waals surface area contributed by atoms with E-state index in [2.05, 4.69) is 0 Å². The van der Waals surface area contributed by atoms with E-state index in [0.29, 0.717) is 13.0 Å². The average molecular weight is 207 g/mol. The van der Waals surface area contributed by atoms with Gasteiger partial charge < -0.3 is 10.5 Å². The maximum absolute atomic E-state index is 10.4. The van der Waals surface area contributed by atoms with Gasteiger partial charge in [-0.15, -0.1) is 0 Å². The Morgan fingerprint density at radius 3 is 2.53 bits per heavy atom. The molecule has 0 spiro atoms. The van der Waals surface area contributed by atoms with Crippen molar-refractivity contribution in [2.24, 2.45) is 5.73 Å². The molecular weight excluding hydrogens is 190 g/mol. The molecule has 3 heteroatoms. The van der Waals surface area contributed by atoms with Gasteiger partial charge in [0, 0.05) is 6.42 Å². The lowest BCUT2D eigenvalue weighted by Gasteiger charge is -2.04. The maximum Gasteiger partial charge on any atom is 0.217 e. The Morgan fingerprint density at radius 1 is 1.13 bits per heavy atom. The number of primary amides is 1. The van der Waals surface area contributed by atoms with Gasteiger partial charge in [-0.2, -0.15) is 0 Å². The summed E-state index contributed by atoms with van der Waals surface area (Å²) in [6.45, 7) is 0.697. The van der Waals surface area contributed by atoms with Crippen molar-refractivity contribution in [1.82, 2.24) is 0 Å². The highest BCUT2D eigenvalue weighted by atomic mass is 16.5. The van der Waals surface area contributed by atoms with Crippen molar-refractivity contribution < 1.29 is 9.53 Å². The zero-order chi connectivity index (χ0) is 10.9. The second-order valence-electron chi connectivity index (χ2n) is 3.44. The fourth-order valence-corrected chi connectivity index (χ4v) is 1.28. The number of amides is 1. The van der Waals surface area contributed by atoms with E-state index in [1.54, 1.807) is 0 Å². The van der Waals surface area contributed by atoms with Crippen molar-refractivity contribution in [3.8, 4) is 5.75 Å². The predicted molar refractivity (Wildman–Crippen MR) is 59.6 cm³/mol. The zero-order valence-corrected chi connectivity index (χ0v) is 8.82. The van der Waals surface area contributed by atoms with E-state index in [-0.39, 0.29) is 5.91 Å². The Morgan fingerprint density at radius 2 is 1.87 bits per heavy atom. The molecule has 0 saturated heterocycles. The van der Waals surface area contributed by atoms with Gasteiger partial charge in [0.2, 0.25) is 5.91 Å². The first-order valence-corrected chi connectivity index (χ1v) is 5.25. The molecule has 0 saturated carbocycles. The molecule has 0 aliphatic rings. The van der Waals surface area contributed by atoms with Crippen LogP contribution in [0.15, 0.2) is 30.3 Å². The summed E-state index contributed by atoms with van der Waals surface area (Å²) in [6.07, 6.45) is 3.27. The summed E-state index contributed by atoms with van der Waals surface area (Å²) in [6, 6.07) is 9.72. The SMILES string of the molecule is NC(=O)CCCCCOc1ccccc1. The molecule has 0 heterocycles. The van der Waals surface area contributed by atoms with Gasteiger partial charge in [-0.1, -0.05) is 18.2 Å². The van der Waals surface area contributed by atoms with Crippen LogP contribution in [0.25, 0.3) is 0 Å². The van der Waals surface area contributed by atoms with Crippen LogP contribution in [0.4, 0.5) is 0 Å². The first-order chi connectivity index (χ1) is 7.29. The van der Waals surface area contributed by atoms with E-state index in [9.17, 15) is 4.79 Å². The second-order valence-corrected chi connectivity index (χ2v) is 3.44. The topological polar surface area (TPSA) is 52.3 Å². The molecule has 1 amide bonds. The van der Waals surface area contributed by atoms with E-state index in [1.165, 1.54) is 0 Å². The van der Waals surface area contributed by atoms with Crippen molar-refractivity contribution in [2.45, 2.75) is 25.7 Å². The normalized spacial score (nSPS) is 9.87. The molecule has 3 nitrogen and oxygen atoms in total. The molecule has 15 heavy (non-hydrogen) atoms. The van der Waals surface area contributed by atoms with E-state index >= 15 is 0 Å². The summed E-state index contributed by atoms with van der Waals surface area (Å²) in [5, 5.41) is 0. The average Bonchev–Trinajstić information content (AvgIpc) is 2.24. The van der Waals surface area contributed by atoms with Crippen molar-refractivity contribution in [1.29, 1.82) is 0 Å². The van der Waals surface area contributed by atoms with Crippen molar-refractivity contribution in [2.75, 3.05) is 6.61 Å². The molecule has 0 fully saturated rings. The molecule has 0 aliphatic heterocycles. The smallest absolute Gasteiger partial charge is 0.217 e. The number of benzene rings is 1. The molecule has 2 N–H and O–H groups in total. The van der Waals surface area contributed by atoms with Crippen LogP contribution in [0.3, 0.4) is 0 Å². The van der Waals surface area contributed by atoms with Gasteiger partial charge in [-0.05, 0) is 31.4 Å². The minimum absolute atomic E-state index is 0.223. The molecule has 1 aromatic carbocycles. The van der Waals surface area contributed by atoms with Crippen LogP contribution in [-0.4, -0.2) is 12.5 Å². The van der Waals surface area contributed by atoms with E-state index < -0.39 is 0 Å². The Labute approximate surface area is 90.2 Å². The molecule has 0 atom stereocenters. The largest absolute Gasteiger partial charge is 0.494 e. The van der Waals surface area contributed by atoms with Crippen LogP contribution in [0.2, 0.25) is 0 Å². The number of rotatable bonds is 7. The summed E-state index contributed by atoms with van der Waals surface area (Å²) in [4.78, 5) is 10.4. The standard InChI is InChI=1S/C12H17NO2/c13-12(14)9-5-2-6-10-15-11-7-3-1-4-8-11/h1,3-4,7-8H,2,5-6,9-10H2,(H2,13,14). The lowest BCUT2D eigenvalue weighted by Crippen LogP contribution is -2.09. The maximum atomic E-state index is 10.4. The van der Waals surface area contributed by atoms with Gasteiger partial charge >= 0.3 is 0 Å². The summed E-state index contributed by atoms with van der Waals surface area (Å²) in [5.41, 5.74) is 5.03. The molecule has 0 unspecified atom stereocenters. The Kier molecular flexibility index (Phi) is 5.30. The molecule has 1 rings (SSSR count). The zero-order valence-electron chi connectivity index (χ0n) is 8.82. The van der Waals surface area contributed by atoms with Crippen LogP contribution in [0, 0.1) is 0 Å². The number of para-hydroxylation sites is 1. The number of hydrogen-bond donors (Lipinski definition) is 1. The van der Waals surface area contributed by atoms with Crippen LogP contribution in [0.5, 0.6) is 5.75 Å². The Hall–Kier alpha value is -1.51. The monoisotopic (exact) mass is 207 g/mol. The number of carbonyl (C=O) groups is 1. The van der Waals surface area contributed by atoms with Crippen LogP contribution < -0.4 is 10.5 Å². The molecule has 0 bridgehead atoms. The number of ether oxygens (including phenoxy) is 1. The lowest BCUT2D eigenvalue weighted by atomic mass is 10.2. The number of carbonyl (C=O) groups excluding carboxylic acids is 1. The third kappa shape index (κ3) is 5.73. The number of nitrogens with two attached hydrogens (primary N) is 1. The summed E-state index contributed by atoms with van der Waals surface area (Å²) < 4.78 is 5.50. The Balaban J connectivity index is 2.00. The van der Waals surface area contributed by atoms with Gasteiger partial charge in [0.15, 0.2) is 0 Å². The van der Waals surface area contributed by atoms with E-state index in [4.69, 9.17) is 10.5 Å². The van der Waals surface area contributed by atoms with Crippen LogP contribution in [-0.2, 0) is 4.79 Å². The second kappa shape index (κ2) is 6.87. The number of hydrogen-bond acceptors (Lipinski definition) is 2. The van der Waals surface area contributed by atoms with Crippen LogP contribution >= 0.6 is 0 Å². The Bertz CT molecular complexity index is 285. The van der Waals surface area contributed by atoms with Crippen molar-refractivity contribution >= 4 is 5.91 Å². The molecule has 0 radical (unpaired) electrons. The fraction of sp³-hybridized carbons (Fsp3) is 0.417. The highest BCUT2D eigenvalue weighted by molar-refractivity contribution is 5.73. The van der Waals surface area contributed by atoms with Crippen molar-refractivity contribution in [3.63, 3.8) is 0 Å². The quantitative estimate of drug-likeness (QED) is 0.696. The molecule has 0 aromatic heterocycles. The lowest BCUT2D eigenvalue weighted by molar-refractivity contribution is -0.118.